The Hall–Kier alpha value is -0.470. The predicted octanol–water partition coefficient (Wildman–Crippen LogP) is 5.24. The van der Waals surface area contributed by atoms with Crippen LogP contribution in [-0.4, -0.2) is 17.8 Å². The van der Waals surface area contributed by atoms with Crippen LogP contribution >= 0.6 is 11.8 Å². The van der Waals surface area contributed by atoms with Gasteiger partial charge in [0.15, 0.2) is 0 Å². The molecule has 0 heterocycles. The number of thioether (sulfide) groups is 1. The molecule has 1 aromatic carbocycles. The Bertz CT molecular complexity index is 381. The summed E-state index contributed by atoms with van der Waals surface area (Å²) in [5.74, 6) is 1.21. The smallest absolute Gasteiger partial charge is 0.00965 e. The third-order valence-electron chi connectivity index (χ3n) is 3.22. The Morgan fingerprint density at radius 2 is 1.50 bits per heavy atom. The second-order valence-corrected chi connectivity index (χ2v) is 8.68. The van der Waals surface area contributed by atoms with E-state index in [-0.39, 0.29) is 11.0 Å². The van der Waals surface area contributed by atoms with Gasteiger partial charge in [0.2, 0.25) is 0 Å². The van der Waals surface area contributed by atoms with E-state index in [1.165, 1.54) is 29.1 Å². The van der Waals surface area contributed by atoms with Gasteiger partial charge in [-0.25, -0.2) is 0 Å². The minimum absolute atomic E-state index is 0.246. The molecule has 0 saturated heterocycles. The van der Waals surface area contributed by atoms with E-state index in [1.807, 2.05) is 11.8 Å². The molecule has 0 spiro atoms. The van der Waals surface area contributed by atoms with E-state index >= 15 is 0 Å². The lowest BCUT2D eigenvalue weighted by Crippen LogP contribution is -2.36. The highest BCUT2D eigenvalue weighted by atomic mass is 32.2. The Balaban J connectivity index is 2.23. The molecule has 0 aliphatic heterocycles. The van der Waals surface area contributed by atoms with Crippen LogP contribution in [0.3, 0.4) is 0 Å². The van der Waals surface area contributed by atoms with Crippen molar-refractivity contribution < 1.29 is 0 Å². The molecule has 0 fully saturated rings. The molecule has 0 bridgehead atoms. The van der Waals surface area contributed by atoms with Crippen molar-refractivity contribution >= 4 is 11.8 Å². The molecule has 0 unspecified atom stereocenters. The Morgan fingerprint density at radius 1 is 0.900 bits per heavy atom. The summed E-state index contributed by atoms with van der Waals surface area (Å²) in [6.45, 7) is 14.6. The van der Waals surface area contributed by atoms with Gasteiger partial charge in [0.25, 0.3) is 0 Å². The first-order valence-electron chi connectivity index (χ1n) is 7.67. The highest BCUT2D eigenvalue weighted by molar-refractivity contribution is 7.99. The largest absolute Gasteiger partial charge is 0.312 e. The van der Waals surface area contributed by atoms with Crippen molar-refractivity contribution in [3.8, 4) is 0 Å². The average molecular weight is 294 g/mol. The summed E-state index contributed by atoms with van der Waals surface area (Å²) in [7, 11) is 0. The van der Waals surface area contributed by atoms with Gasteiger partial charge in [-0.05, 0) is 69.0 Å². The lowest BCUT2D eigenvalue weighted by atomic mass is 9.87. The average Bonchev–Trinajstić information content (AvgIpc) is 2.32. The summed E-state index contributed by atoms with van der Waals surface area (Å²) in [5.41, 5.74) is 1.91. The van der Waals surface area contributed by atoms with Crippen LogP contribution in [0.5, 0.6) is 0 Å². The summed E-state index contributed by atoms with van der Waals surface area (Å²) in [6.07, 6.45) is 2.53. The number of nitrogens with one attached hydrogen (secondary N) is 1. The van der Waals surface area contributed by atoms with Gasteiger partial charge >= 0.3 is 0 Å². The number of hydrogen-bond acceptors (Lipinski definition) is 2. The first kappa shape index (κ1) is 17.6. The molecule has 2 heteroatoms. The van der Waals surface area contributed by atoms with E-state index in [1.54, 1.807) is 0 Å². The fourth-order valence-electron chi connectivity index (χ4n) is 1.93. The lowest BCUT2D eigenvalue weighted by molar-refractivity contribution is 0.421. The minimum atomic E-state index is 0.246. The molecule has 0 atom stereocenters. The second kappa shape index (κ2) is 7.51. The first-order valence-corrected chi connectivity index (χ1v) is 8.65. The van der Waals surface area contributed by atoms with E-state index < -0.39 is 0 Å². The Morgan fingerprint density at radius 3 is 2.00 bits per heavy atom. The molecule has 1 aromatic rings. The molecule has 0 saturated carbocycles. The molecule has 0 aliphatic carbocycles. The van der Waals surface area contributed by atoms with E-state index in [9.17, 15) is 0 Å². The molecule has 1 nitrogen and oxygen atoms in total. The number of rotatable bonds is 6. The normalized spacial score (nSPS) is 12.7. The number of hydrogen-bond donors (Lipinski definition) is 1. The van der Waals surface area contributed by atoms with Gasteiger partial charge < -0.3 is 5.32 Å². The van der Waals surface area contributed by atoms with Crippen LogP contribution < -0.4 is 5.32 Å². The molecule has 20 heavy (non-hydrogen) atoms. The highest BCUT2D eigenvalue weighted by Gasteiger charge is 2.12. The summed E-state index contributed by atoms with van der Waals surface area (Å²) in [4.78, 5) is 1.39. The van der Waals surface area contributed by atoms with E-state index in [4.69, 9.17) is 0 Å². The third-order valence-corrected chi connectivity index (χ3v) is 4.31. The predicted molar refractivity (Wildman–Crippen MR) is 92.9 cm³/mol. The van der Waals surface area contributed by atoms with Crippen molar-refractivity contribution in [3.63, 3.8) is 0 Å². The zero-order chi connectivity index (χ0) is 15.2. The third kappa shape index (κ3) is 7.35. The lowest BCUT2D eigenvalue weighted by Gasteiger charge is -2.20. The van der Waals surface area contributed by atoms with Crippen LogP contribution in [0.25, 0.3) is 0 Å². The van der Waals surface area contributed by atoms with Crippen LogP contribution in [0.1, 0.15) is 59.9 Å². The van der Waals surface area contributed by atoms with Gasteiger partial charge in [0, 0.05) is 10.4 Å². The summed E-state index contributed by atoms with van der Waals surface area (Å²) in [5, 5.41) is 3.54. The zero-order valence-corrected chi connectivity index (χ0v) is 14.9. The molecule has 1 N–H and O–H groups in total. The molecule has 0 amide bonds. The molecule has 1 rings (SSSR count). The van der Waals surface area contributed by atoms with E-state index in [2.05, 4.69) is 71.1 Å². The van der Waals surface area contributed by atoms with Crippen molar-refractivity contribution in [1.82, 2.24) is 5.32 Å². The SMILES string of the molecule is CC(C)(C)NCCCCSc1ccc(C(C)(C)C)cc1. The van der Waals surface area contributed by atoms with Gasteiger partial charge in [-0.1, -0.05) is 32.9 Å². The summed E-state index contributed by atoms with van der Waals surface area (Å²) < 4.78 is 0. The van der Waals surface area contributed by atoms with Gasteiger partial charge in [0.1, 0.15) is 0 Å². The van der Waals surface area contributed by atoms with Gasteiger partial charge in [-0.3, -0.25) is 0 Å². The van der Waals surface area contributed by atoms with E-state index in [0.717, 1.165) is 6.54 Å². The topological polar surface area (TPSA) is 12.0 Å². The molecule has 0 aliphatic rings. The van der Waals surface area contributed by atoms with Crippen LogP contribution in [-0.2, 0) is 5.41 Å². The summed E-state index contributed by atoms with van der Waals surface area (Å²) >= 11 is 1.97. The van der Waals surface area contributed by atoms with Crippen LogP contribution in [0.2, 0.25) is 0 Å². The number of benzene rings is 1. The van der Waals surface area contributed by atoms with E-state index in [0.29, 0.717) is 0 Å². The van der Waals surface area contributed by atoms with Crippen LogP contribution in [0, 0.1) is 0 Å². The maximum atomic E-state index is 3.54. The highest BCUT2D eigenvalue weighted by Crippen LogP contribution is 2.26. The molecule has 0 radical (unpaired) electrons. The zero-order valence-electron chi connectivity index (χ0n) is 14.0. The van der Waals surface area contributed by atoms with Crippen molar-refractivity contribution in [2.24, 2.45) is 0 Å². The van der Waals surface area contributed by atoms with Crippen molar-refractivity contribution in [3.05, 3.63) is 29.8 Å². The monoisotopic (exact) mass is 293 g/mol. The van der Waals surface area contributed by atoms with Crippen molar-refractivity contribution in [1.29, 1.82) is 0 Å². The van der Waals surface area contributed by atoms with Crippen LogP contribution in [0.4, 0.5) is 0 Å². The van der Waals surface area contributed by atoms with Crippen molar-refractivity contribution in [2.45, 2.75) is 70.2 Å². The minimum Gasteiger partial charge on any atom is -0.312 e. The maximum Gasteiger partial charge on any atom is 0.00965 e. The maximum absolute atomic E-state index is 3.54. The summed E-state index contributed by atoms with van der Waals surface area (Å²) in [6, 6.07) is 9.06. The second-order valence-electron chi connectivity index (χ2n) is 7.51. The molecular weight excluding hydrogens is 262 g/mol. The quantitative estimate of drug-likeness (QED) is 0.568. The molecular formula is C18H31NS. The van der Waals surface area contributed by atoms with Gasteiger partial charge in [-0.15, -0.1) is 11.8 Å². The fraction of sp³-hybridized carbons (Fsp3) is 0.667. The Labute approximate surface area is 129 Å². The van der Waals surface area contributed by atoms with Crippen molar-refractivity contribution in [2.75, 3.05) is 12.3 Å². The molecule has 0 aromatic heterocycles. The standard InChI is InChI=1S/C18H31NS/c1-17(2,3)15-9-11-16(12-10-15)20-14-8-7-13-19-18(4,5)6/h9-12,19H,7-8,13-14H2,1-6H3. The molecule has 114 valence electrons. The van der Waals surface area contributed by atoms with Gasteiger partial charge in [0.05, 0.1) is 0 Å². The first-order chi connectivity index (χ1) is 9.18. The fourth-order valence-corrected chi connectivity index (χ4v) is 2.84. The van der Waals surface area contributed by atoms with Gasteiger partial charge in [-0.2, -0.15) is 0 Å². The number of unbranched alkanes of at least 4 members (excludes halogenated alkanes) is 1. The van der Waals surface area contributed by atoms with Crippen LogP contribution in [0.15, 0.2) is 29.2 Å². The Kier molecular flexibility index (Phi) is 6.60.